The standard InChI is InChI=1S/C50H94O15/c1-5-7-9-11-13-15-17-19-21-23-25-27-29-31-37(51)35(3)47(59)61-33-39-41(53)43(55)45(57)49(63-39)65-50-46(58)44(56)42(54)40(64-50)34-62-48(60)36(4)38(52)32-30-28-26-24-22-20-18-16-14-12-10-8-6-2/h35-46,49-58H,5-34H2,1-4H3/t35-,36+,37-,38+,39-,40-,41-,42-,43+,44+,45-,46-,49-,50-/m1/s1. The normalized spacial score (nSPS) is 27.8. The average molecular weight is 935 g/mol. The molecule has 15 heteroatoms. The molecule has 2 heterocycles. The first kappa shape index (κ1) is 59.6. The zero-order valence-electron chi connectivity index (χ0n) is 40.7. The fourth-order valence-corrected chi connectivity index (χ4v) is 8.61. The van der Waals surface area contributed by atoms with E-state index in [2.05, 4.69) is 13.8 Å². The van der Waals surface area contributed by atoms with E-state index in [0.29, 0.717) is 12.8 Å². The highest BCUT2D eigenvalue weighted by atomic mass is 16.8. The number of rotatable bonds is 38. The molecular weight excluding hydrogens is 841 g/mol. The molecule has 0 aromatic heterocycles. The van der Waals surface area contributed by atoms with Gasteiger partial charge in [-0.25, -0.2) is 0 Å². The SMILES string of the molecule is CCCCCCCCCCCCCCC[C@@H](O)[C@@H](C)C(=O)OC[C@H]1O[C@H](O[C@H]2O[C@H](COC(=O)[C@@H](C)[C@@H](O)CCCCCCCCCCCCCCC)[C@@H](O)[C@H](O)[C@H]2O)[C@H](O)[C@@H](O)[C@@H]1O. The van der Waals surface area contributed by atoms with E-state index in [1.54, 1.807) is 0 Å². The summed E-state index contributed by atoms with van der Waals surface area (Å²) in [5, 5.41) is 85.3. The van der Waals surface area contributed by atoms with Gasteiger partial charge in [-0.2, -0.15) is 0 Å². The van der Waals surface area contributed by atoms with Crippen LogP contribution in [-0.2, 0) is 33.3 Å². The number of ether oxygens (including phenoxy) is 5. The van der Waals surface area contributed by atoms with E-state index in [-0.39, 0.29) is 0 Å². The van der Waals surface area contributed by atoms with Crippen LogP contribution in [0.2, 0.25) is 0 Å². The molecule has 2 aliphatic rings. The van der Waals surface area contributed by atoms with E-state index in [1.165, 1.54) is 129 Å². The van der Waals surface area contributed by atoms with Gasteiger partial charge in [0.25, 0.3) is 0 Å². The molecule has 65 heavy (non-hydrogen) atoms. The monoisotopic (exact) mass is 935 g/mol. The van der Waals surface area contributed by atoms with E-state index in [9.17, 15) is 50.4 Å². The maximum absolute atomic E-state index is 12.9. The Hall–Kier alpha value is -1.50. The molecule has 0 aromatic carbocycles. The number of hydrogen-bond acceptors (Lipinski definition) is 15. The number of aliphatic hydroxyl groups is 8. The summed E-state index contributed by atoms with van der Waals surface area (Å²) in [5.41, 5.74) is 0. The number of hydrogen-bond donors (Lipinski definition) is 8. The lowest BCUT2D eigenvalue weighted by molar-refractivity contribution is -0.376. The summed E-state index contributed by atoms with van der Waals surface area (Å²) in [7, 11) is 0. The smallest absolute Gasteiger partial charge is 0.311 e. The number of esters is 2. The molecule has 2 rings (SSSR count). The minimum atomic E-state index is -1.88. The predicted molar refractivity (Wildman–Crippen MR) is 247 cm³/mol. The maximum Gasteiger partial charge on any atom is 0.311 e. The summed E-state index contributed by atoms with van der Waals surface area (Å²) < 4.78 is 27.6. The van der Waals surface area contributed by atoms with Crippen LogP contribution in [0.15, 0.2) is 0 Å². The van der Waals surface area contributed by atoms with Gasteiger partial charge >= 0.3 is 11.9 Å². The fraction of sp³-hybridized carbons (Fsp3) is 0.960. The summed E-state index contributed by atoms with van der Waals surface area (Å²) in [4.78, 5) is 25.7. The van der Waals surface area contributed by atoms with Crippen molar-refractivity contribution < 1.29 is 74.1 Å². The van der Waals surface area contributed by atoms with Gasteiger partial charge in [0.15, 0.2) is 12.6 Å². The molecule has 2 fully saturated rings. The van der Waals surface area contributed by atoms with Crippen LogP contribution >= 0.6 is 0 Å². The number of carbonyl (C=O) groups excluding carboxylic acids is 2. The van der Waals surface area contributed by atoms with Crippen molar-refractivity contribution in [2.45, 2.75) is 281 Å². The molecule has 0 saturated carbocycles. The lowest BCUT2D eigenvalue weighted by Gasteiger charge is -2.44. The Bertz CT molecular complexity index is 1110. The lowest BCUT2D eigenvalue weighted by Crippen LogP contribution is -2.64. The molecule has 0 unspecified atom stereocenters. The second-order valence-electron chi connectivity index (χ2n) is 19.2. The second-order valence-corrected chi connectivity index (χ2v) is 19.2. The van der Waals surface area contributed by atoms with Crippen LogP contribution in [0.4, 0.5) is 0 Å². The Morgan fingerprint density at radius 1 is 0.415 bits per heavy atom. The highest BCUT2D eigenvalue weighted by molar-refractivity contribution is 5.73. The number of aliphatic hydroxyl groups excluding tert-OH is 8. The van der Waals surface area contributed by atoms with Gasteiger partial charge in [-0.1, -0.05) is 181 Å². The average Bonchev–Trinajstić information content (AvgIpc) is 3.30. The summed E-state index contributed by atoms with van der Waals surface area (Å²) in [6, 6.07) is 0. The third-order valence-electron chi connectivity index (χ3n) is 13.5. The molecular formula is C50H94O15. The van der Waals surface area contributed by atoms with Gasteiger partial charge < -0.3 is 64.5 Å². The van der Waals surface area contributed by atoms with Crippen LogP contribution < -0.4 is 0 Å². The van der Waals surface area contributed by atoms with Crippen molar-refractivity contribution >= 4 is 11.9 Å². The zero-order chi connectivity index (χ0) is 48.0. The lowest BCUT2D eigenvalue weighted by atomic mass is 9.97. The summed E-state index contributed by atoms with van der Waals surface area (Å²) >= 11 is 0. The van der Waals surface area contributed by atoms with Crippen molar-refractivity contribution in [2.75, 3.05) is 13.2 Å². The summed E-state index contributed by atoms with van der Waals surface area (Å²) in [6.07, 6.45) is 12.7. The van der Waals surface area contributed by atoms with E-state index < -0.39 is 111 Å². The van der Waals surface area contributed by atoms with Gasteiger partial charge in [0.05, 0.1) is 24.0 Å². The van der Waals surface area contributed by atoms with Gasteiger partial charge in [0.2, 0.25) is 0 Å². The Balaban J connectivity index is 1.73. The first-order valence-corrected chi connectivity index (χ1v) is 26.0. The topological polar surface area (TPSA) is 242 Å². The molecule has 15 nitrogen and oxygen atoms in total. The first-order valence-electron chi connectivity index (χ1n) is 26.0. The van der Waals surface area contributed by atoms with Gasteiger partial charge in [-0.3, -0.25) is 9.59 Å². The van der Waals surface area contributed by atoms with Crippen molar-refractivity contribution in [1.82, 2.24) is 0 Å². The molecule has 2 aliphatic heterocycles. The largest absolute Gasteiger partial charge is 0.463 e. The van der Waals surface area contributed by atoms with E-state index in [4.69, 9.17) is 23.7 Å². The van der Waals surface area contributed by atoms with Crippen LogP contribution in [-0.4, -0.2) is 140 Å². The van der Waals surface area contributed by atoms with Crippen LogP contribution in [0.25, 0.3) is 0 Å². The van der Waals surface area contributed by atoms with Crippen LogP contribution in [0.5, 0.6) is 0 Å². The van der Waals surface area contributed by atoms with E-state index in [0.717, 1.165) is 51.4 Å². The van der Waals surface area contributed by atoms with Gasteiger partial charge in [-0.15, -0.1) is 0 Å². The Morgan fingerprint density at radius 3 is 0.954 bits per heavy atom. The summed E-state index contributed by atoms with van der Waals surface area (Å²) in [5.74, 6) is -3.25. The van der Waals surface area contributed by atoms with Gasteiger partial charge in [0.1, 0.15) is 62.0 Å². The number of unbranched alkanes of at least 4 members (excludes halogenated alkanes) is 24. The molecule has 0 amide bonds. The van der Waals surface area contributed by atoms with Crippen molar-refractivity contribution in [1.29, 1.82) is 0 Å². The molecule has 0 radical (unpaired) electrons. The van der Waals surface area contributed by atoms with E-state index in [1.807, 2.05) is 0 Å². The fourth-order valence-electron chi connectivity index (χ4n) is 8.61. The second kappa shape index (κ2) is 35.6. The molecule has 0 aromatic rings. The molecule has 2 saturated heterocycles. The third kappa shape index (κ3) is 23.6. The summed E-state index contributed by atoms with van der Waals surface area (Å²) in [6.45, 7) is 6.39. The minimum Gasteiger partial charge on any atom is -0.463 e. The molecule has 0 aliphatic carbocycles. The molecule has 0 spiro atoms. The van der Waals surface area contributed by atoms with Crippen molar-refractivity contribution in [3.63, 3.8) is 0 Å². The zero-order valence-corrected chi connectivity index (χ0v) is 40.7. The predicted octanol–water partition coefficient (Wildman–Crippen LogP) is 6.66. The van der Waals surface area contributed by atoms with Crippen molar-refractivity contribution in [2.24, 2.45) is 11.8 Å². The third-order valence-corrected chi connectivity index (χ3v) is 13.5. The Labute approximate surface area is 391 Å². The van der Waals surface area contributed by atoms with Crippen molar-refractivity contribution in [3.05, 3.63) is 0 Å². The van der Waals surface area contributed by atoms with Crippen LogP contribution in [0.3, 0.4) is 0 Å². The number of carbonyl (C=O) groups is 2. The quantitative estimate of drug-likeness (QED) is 0.0238. The Kier molecular flexibility index (Phi) is 32.6. The molecule has 14 atom stereocenters. The van der Waals surface area contributed by atoms with Gasteiger partial charge in [0, 0.05) is 0 Å². The first-order chi connectivity index (χ1) is 31.2. The van der Waals surface area contributed by atoms with Crippen LogP contribution in [0.1, 0.15) is 207 Å². The molecule has 0 bridgehead atoms. The maximum atomic E-state index is 12.9. The van der Waals surface area contributed by atoms with Crippen LogP contribution in [0, 0.1) is 11.8 Å². The van der Waals surface area contributed by atoms with Crippen molar-refractivity contribution in [3.8, 4) is 0 Å². The minimum absolute atomic E-state index is 0.419. The molecule has 8 N–H and O–H groups in total. The van der Waals surface area contributed by atoms with E-state index >= 15 is 0 Å². The van der Waals surface area contributed by atoms with Gasteiger partial charge in [-0.05, 0) is 26.7 Å². The highest BCUT2D eigenvalue weighted by Crippen LogP contribution is 2.29. The highest BCUT2D eigenvalue weighted by Gasteiger charge is 2.50. The molecule has 384 valence electrons. The Morgan fingerprint density at radius 2 is 0.677 bits per heavy atom.